The second kappa shape index (κ2) is 9.26. The maximum Gasteiger partial charge on any atom is 0.242 e. The number of amides is 2. The van der Waals surface area contributed by atoms with Crippen LogP contribution in [0.1, 0.15) is 31.9 Å². The van der Waals surface area contributed by atoms with Gasteiger partial charge in [-0.05, 0) is 50.1 Å². The molecular formula is C21H24F2N2O2. The molecule has 2 aromatic rings. The molecule has 0 aliphatic heterocycles. The van der Waals surface area contributed by atoms with E-state index in [2.05, 4.69) is 5.32 Å². The monoisotopic (exact) mass is 374 g/mol. The second-order valence-corrected chi connectivity index (χ2v) is 6.76. The highest BCUT2D eigenvalue weighted by Gasteiger charge is 2.27. The van der Waals surface area contributed by atoms with Crippen LogP contribution in [0.25, 0.3) is 0 Å². The molecule has 27 heavy (non-hydrogen) atoms. The predicted molar refractivity (Wildman–Crippen MR) is 99.8 cm³/mol. The Hall–Kier alpha value is -2.76. The zero-order valence-corrected chi connectivity index (χ0v) is 15.7. The molecule has 6 heteroatoms. The first kappa shape index (κ1) is 20.6. The lowest BCUT2D eigenvalue weighted by atomic mass is 10.1. The minimum Gasteiger partial charge on any atom is -0.352 e. The van der Waals surface area contributed by atoms with Gasteiger partial charge in [-0.3, -0.25) is 9.59 Å². The molecule has 0 aliphatic rings. The maximum atomic E-state index is 13.9. The van der Waals surface area contributed by atoms with Gasteiger partial charge < -0.3 is 10.2 Å². The van der Waals surface area contributed by atoms with Gasteiger partial charge >= 0.3 is 0 Å². The van der Waals surface area contributed by atoms with Crippen molar-refractivity contribution in [2.45, 2.75) is 45.8 Å². The fourth-order valence-electron chi connectivity index (χ4n) is 2.68. The minimum absolute atomic E-state index is 0.0747. The largest absolute Gasteiger partial charge is 0.352 e. The van der Waals surface area contributed by atoms with E-state index >= 15 is 0 Å². The Balaban J connectivity index is 2.24. The summed E-state index contributed by atoms with van der Waals surface area (Å²) in [7, 11) is 0. The van der Waals surface area contributed by atoms with Crippen LogP contribution >= 0.6 is 0 Å². The lowest BCUT2D eigenvalue weighted by Crippen LogP contribution is -2.49. The molecule has 0 radical (unpaired) electrons. The van der Waals surface area contributed by atoms with Gasteiger partial charge in [0.05, 0.1) is 6.42 Å². The normalized spacial score (nSPS) is 11.9. The van der Waals surface area contributed by atoms with Gasteiger partial charge in [0.25, 0.3) is 0 Å². The van der Waals surface area contributed by atoms with Crippen molar-refractivity contribution in [2.75, 3.05) is 0 Å². The molecule has 0 heterocycles. The van der Waals surface area contributed by atoms with E-state index in [4.69, 9.17) is 0 Å². The molecule has 4 nitrogen and oxygen atoms in total. The van der Waals surface area contributed by atoms with Gasteiger partial charge in [0, 0.05) is 12.6 Å². The molecule has 0 aromatic heterocycles. The Labute approximate surface area is 158 Å². The average Bonchev–Trinajstić information content (AvgIpc) is 2.62. The molecule has 0 aliphatic carbocycles. The quantitative estimate of drug-likeness (QED) is 0.807. The fraction of sp³-hybridized carbons (Fsp3) is 0.333. The topological polar surface area (TPSA) is 49.4 Å². The summed E-state index contributed by atoms with van der Waals surface area (Å²) in [4.78, 5) is 26.7. The number of nitrogens with zero attached hydrogens (tertiary/aromatic N) is 1. The molecule has 144 valence electrons. The standard InChI is InChI=1S/C21H24F2N2O2/c1-14(2)24-21(27)15(3)25(13-16-8-10-18(22)11-9-16)20(26)12-17-6-4-5-7-19(17)23/h4-11,14-15H,12-13H2,1-3H3,(H,24,27)/t15-/m1/s1. The molecule has 0 saturated carbocycles. The van der Waals surface area contributed by atoms with Crippen LogP contribution in [-0.2, 0) is 22.6 Å². The van der Waals surface area contributed by atoms with Gasteiger partial charge in [0.2, 0.25) is 11.8 Å². The highest BCUT2D eigenvalue weighted by atomic mass is 19.1. The van der Waals surface area contributed by atoms with Crippen LogP contribution in [0.5, 0.6) is 0 Å². The second-order valence-electron chi connectivity index (χ2n) is 6.76. The van der Waals surface area contributed by atoms with Crippen LogP contribution in [0.4, 0.5) is 8.78 Å². The Bertz CT molecular complexity index is 791. The van der Waals surface area contributed by atoms with Gasteiger partial charge in [-0.2, -0.15) is 0 Å². The van der Waals surface area contributed by atoms with E-state index in [1.807, 2.05) is 13.8 Å². The summed E-state index contributed by atoms with van der Waals surface area (Å²) in [6.07, 6.45) is -0.160. The summed E-state index contributed by atoms with van der Waals surface area (Å²) in [5, 5.41) is 2.78. The molecule has 0 spiro atoms. The van der Waals surface area contributed by atoms with Crippen molar-refractivity contribution in [3.63, 3.8) is 0 Å². The van der Waals surface area contributed by atoms with Crippen molar-refractivity contribution in [3.05, 3.63) is 71.3 Å². The first-order chi connectivity index (χ1) is 12.8. The van der Waals surface area contributed by atoms with Gasteiger partial charge in [-0.25, -0.2) is 8.78 Å². The number of hydrogen-bond acceptors (Lipinski definition) is 2. The van der Waals surface area contributed by atoms with Crippen molar-refractivity contribution >= 4 is 11.8 Å². The molecular weight excluding hydrogens is 350 g/mol. The van der Waals surface area contributed by atoms with E-state index in [9.17, 15) is 18.4 Å². The number of nitrogens with one attached hydrogen (secondary N) is 1. The van der Waals surface area contributed by atoms with Crippen molar-refractivity contribution in [3.8, 4) is 0 Å². The first-order valence-corrected chi connectivity index (χ1v) is 8.85. The smallest absolute Gasteiger partial charge is 0.242 e. The Kier molecular flexibility index (Phi) is 7.05. The Morgan fingerprint density at radius 1 is 1.00 bits per heavy atom. The summed E-state index contributed by atoms with van der Waals surface area (Å²) >= 11 is 0. The van der Waals surface area contributed by atoms with E-state index in [1.165, 1.54) is 23.1 Å². The van der Waals surface area contributed by atoms with Crippen molar-refractivity contribution < 1.29 is 18.4 Å². The van der Waals surface area contributed by atoms with Crippen LogP contribution in [0.2, 0.25) is 0 Å². The summed E-state index contributed by atoms with van der Waals surface area (Å²) in [5.74, 6) is -1.52. The lowest BCUT2D eigenvalue weighted by Gasteiger charge is -2.29. The summed E-state index contributed by atoms with van der Waals surface area (Å²) in [6.45, 7) is 5.41. The highest BCUT2D eigenvalue weighted by molar-refractivity contribution is 5.88. The zero-order chi connectivity index (χ0) is 20.0. The van der Waals surface area contributed by atoms with E-state index in [1.54, 1.807) is 37.3 Å². The van der Waals surface area contributed by atoms with Gasteiger partial charge in [0.15, 0.2) is 0 Å². The summed E-state index contributed by atoms with van der Waals surface area (Å²) in [5.41, 5.74) is 0.950. The Morgan fingerprint density at radius 2 is 1.63 bits per heavy atom. The highest BCUT2D eigenvalue weighted by Crippen LogP contribution is 2.15. The molecule has 0 saturated heterocycles. The maximum absolute atomic E-state index is 13.9. The van der Waals surface area contributed by atoms with Gasteiger partial charge in [0.1, 0.15) is 17.7 Å². The van der Waals surface area contributed by atoms with Gasteiger partial charge in [-0.1, -0.05) is 30.3 Å². The summed E-state index contributed by atoms with van der Waals surface area (Å²) < 4.78 is 27.1. The third-order valence-corrected chi connectivity index (χ3v) is 4.16. The number of rotatable bonds is 7. The van der Waals surface area contributed by atoms with Crippen molar-refractivity contribution in [2.24, 2.45) is 0 Å². The minimum atomic E-state index is -0.753. The number of hydrogen-bond donors (Lipinski definition) is 1. The van der Waals surface area contributed by atoms with Crippen LogP contribution in [-0.4, -0.2) is 28.8 Å². The van der Waals surface area contributed by atoms with Crippen LogP contribution < -0.4 is 5.32 Å². The van der Waals surface area contributed by atoms with E-state index in [-0.39, 0.29) is 42.2 Å². The van der Waals surface area contributed by atoms with Crippen LogP contribution in [0.3, 0.4) is 0 Å². The molecule has 0 bridgehead atoms. The van der Waals surface area contributed by atoms with E-state index in [0.29, 0.717) is 5.56 Å². The Morgan fingerprint density at radius 3 is 2.22 bits per heavy atom. The lowest BCUT2D eigenvalue weighted by molar-refractivity contribution is -0.140. The molecule has 1 atom stereocenters. The van der Waals surface area contributed by atoms with Crippen LogP contribution in [0, 0.1) is 11.6 Å². The zero-order valence-electron chi connectivity index (χ0n) is 15.7. The number of benzene rings is 2. The van der Waals surface area contributed by atoms with Crippen molar-refractivity contribution in [1.29, 1.82) is 0 Å². The van der Waals surface area contributed by atoms with E-state index < -0.39 is 11.9 Å². The third kappa shape index (κ3) is 5.88. The number of halogens is 2. The molecule has 2 rings (SSSR count). The molecule has 1 N–H and O–H groups in total. The molecule has 0 fully saturated rings. The number of carbonyl (C=O) groups is 2. The van der Waals surface area contributed by atoms with E-state index in [0.717, 1.165) is 0 Å². The third-order valence-electron chi connectivity index (χ3n) is 4.16. The fourth-order valence-corrected chi connectivity index (χ4v) is 2.68. The average molecular weight is 374 g/mol. The SMILES string of the molecule is CC(C)NC(=O)[C@@H](C)N(Cc1ccc(F)cc1)C(=O)Cc1ccccc1F. The van der Waals surface area contributed by atoms with Gasteiger partial charge in [-0.15, -0.1) is 0 Å². The van der Waals surface area contributed by atoms with Crippen LogP contribution in [0.15, 0.2) is 48.5 Å². The van der Waals surface area contributed by atoms with Crippen molar-refractivity contribution in [1.82, 2.24) is 10.2 Å². The predicted octanol–water partition coefficient (Wildman–Crippen LogP) is 3.45. The molecule has 2 aromatic carbocycles. The molecule has 0 unspecified atom stereocenters. The molecule has 2 amide bonds. The first-order valence-electron chi connectivity index (χ1n) is 8.85. The summed E-state index contributed by atoms with van der Waals surface area (Å²) in [6, 6.07) is 10.9. The number of carbonyl (C=O) groups excluding carboxylic acids is 2.